The molecular formula is C21H20N2O5. The third-order valence-electron chi connectivity index (χ3n) is 4.48. The molecule has 7 nitrogen and oxygen atoms in total. The van der Waals surface area contributed by atoms with E-state index in [9.17, 15) is 9.59 Å². The van der Waals surface area contributed by atoms with Crippen LogP contribution in [0.4, 0.5) is 5.69 Å². The summed E-state index contributed by atoms with van der Waals surface area (Å²) >= 11 is 0. The fourth-order valence-corrected chi connectivity index (χ4v) is 3.15. The number of amides is 1. The molecule has 0 aliphatic carbocycles. The Labute approximate surface area is 161 Å². The summed E-state index contributed by atoms with van der Waals surface area (Å²) < 4.78 is 18.2. The third-order valence-corrected chi connectivity index (χ3v) is 4.48. The molecular weight excluding hydrogens is 360 g/mol. The maximum absolute atomic E-state index is 12.4. The molecule has 0 radical (unpaired) electrons. The van der Waals surface area contributed by atoms with Crippen LogP contribution in [0.15, 0.2) is 48.7 Å². The lowest BCUT2D eigenvalue weighted by molar-refractivity contribution is -0.119. The number of carbonyl (C=O) groups is 2. The number of esters is 1. The Morgan fingerprint density at radius 2 is 1.89 bits per heavy atom. The van der Waals surface area contributed by atoms with Crippen molar-refractivity contribution in [2.75, 3.05) is 25.1 Å². The minimum Gasteiger partial charge on any atom is -0.490 e. The first-order valence-electron chi connectivity index (χ1n) is 9.02. The number of fused-ring (bicyclic) bond motifs is 2. The van der Waals surface area contributed by atoms with Crippen LogP contribution < -0.4 is 14.8 Å². The van der Waals surface area contributed by atoms with E-state index < -0.39 is 11.9 Å². The summed E-state index contributed by atoms with van der Waals surface area (Å²) in [5.74, 6) is 0.273. The minimum absolute atomic E-state index is 0.378. The fourth-order valence-electron chi connectivity index (χ4n) is 3.15. The lowest BCUT2D eigenvalue weighted by Gasteiger charge is -2.10. The number of para-hydroxylation sites is 1. The highest BCUT2D eigenvalue weighted by Gasteiger charge is 2.17. The van der Waals surface area contributed by atoms with Crippen LogP contribution in [0.3, 0.4) is 0 Å². The number of hydrogen-bond donors (Lipinski definition) is 1. The number of rotatable bonds is 4. The zero-order chi connectivity index (χ0) is 19.5. The van der Waals surface area contributed by atoms with Crippen LogP contribution in [-0.4, -0.2) is 36.3 Å². The van der Waals surface area contributed by atoms with Crippen molar-refractivity contribution in [2.45, 2.75) is 6.42 Å². The molecule has 0 atom stereocenters. The summed E-state index contributed by atoms with van der Waals surface area (Å²) in [7, 11) is 1.86. The average Bonchev–Trinajstić information content (AvgIpc) is 2.88. The van der Waals surface area contributed by atoms with Gasteiger partial charge < -0.3 is 24.1 Å². The molecule has 2 aromatic carbocycles. The highest BCUT2D eigenvalue weighted by atomic mass is 16.5. The van der Waals surface area contributed by atoms with E-state index in [0.717, 1.165) is 17.3 Å². The maximum atomic E-state index is 12.4. The zero-order valence-corrected chi connectivity index (χ0v) is 15.4. The molecule has 1 amide bonds. The van der Waals surface area contributed by atoms with E-state index in [4.69, 9.17) is 14.2 Å². The van der Waals surface area contributed by atoms with E-state index >= 15 is 0 Å². The van der Waals surface area contributed by atoms with Crippen molar-refractivity contribution in [3.05, 3.63) is 54.2 Å². The standard InChI is InChI=1S/C21H20N2O5/c1-23-12-16(15-5-2-3-6-17(15)23)21(25)28-13-20(24)22-14-7-8-18-19(11-14)27-10-4-9-26-18/h2-3,5-8,11-12H,4,9-10,13H2,1H3,(H,22,24). The first-order chi connectivity index (χ1) is 13.6. The number of aryl methyl sites for hydroxylation is 1. The highest BCUT2D eigenvalue weighted by molar-refractivity contribution is 6.05. The number of benzene rings is 2. The summed E-state index contributed by atoms with van der Waals surface area (Å²) in [4.78, 5) is 24.6. The molecule has 1 aliphatic heterocycles. The fraction of sp³-hybridized carbons (Fsp3) is 0.238. The maximum Gasteiger partial charge on any atom is 0.340 e. The summed E-state index contributed by atoms with van der Waals surface area (Å²) in [6.07, 6.45) is 2.51. The van der Waals surface area contributed by atoms with Gasteiger partial charge in [0, 0.05) is 42.3 Å². The van der Waals surface area contributed by atoms with Gasteiger partial charge in [0.1, 0.15) is 0 Å². The van der Waals surface area contributed by atoms with Gasteiger partial charge in [-0.3, -0.25) is 4.79 Å². The molecule has 1 aromatic heterocycles. The van der Waals surface area contributed by atoms with Crippen LogP contribution in [0.5, 0.6) is 11.5 Å². The molecule has 7 heteroatoms. The van der Waals surface area contributed by atoms with Gasteiger partial charge in [-0.05, 0) is 18.2 Å². The number of nitrogens with zero attached hydrogens (tertiary/aromatic N) is 1. The van der Waals surface area contributed by atoms with Gasteiger partial charge in [0.05, 0.1) is 18.8 Å². The Morgan fingerprint density at radius 1 is 1.11 bits per heavy atom. The van der Waals surface area contributed by atoms with Gasteiger partial charge in [0.2, 0.25) is 0 Å². The first-order valence-corrected chi connectivity index (χ1v) is 9.02. The van der Waals surface area contributed by atoms with Crippen molar-refractivity contribution in [2.24, 2.45) is 7.05 Å². The Morgan fingerprint density at radius 3 is 2.75 bits per heavy atom. The quantitative estimate of drug-likeness (QED) is 0.704. The largest absolute Gasteiger partial charge is 0.490 e. The molecule has 1 aliphatic rings. The van der Waals surface area contributed by atoms with Gasteiger partial charge in [-0.1, -0.05) is 18.2 Å². The van der Waals surface area contributed by atoms with Gasteiger partial charge in [0.25, 0.3) is 5.91 Å². The van der Waals surface area contributed by atoms with Crippen molar-refractivity contribution < 1.29 is 23.8 Å². The van der Waals surface area contributed by atoms with Gasteiger partial charge in [-0.2, -0.15) is 0 Å². The SMILES string of the molecule is Cn1cc(C(=O)OCC(=O)Nc2ccc3c(c2)OCCCO3)c2ccccc21. The third kappa shape index (κ3) is 3.64. The van der Waals surface area contributed by atoms with Gasteiger partial charge >= 0.3 is 5.97 Å². The Balaban J connectivity index is 1.39. The first kappa shape index (κ1) is 17.9. The summed E-state index contributed by atoms with van der Waals surface area (Å²) in [5, 5.41) is 3.49. The Hall–Kier alpha value is -3.48. The number of aromatic nitrogens is 1. The average molecular weight is 380 g/mol. The summed E-state index contributed by atoms with van der Waals surface area (Å²) in [5.41, 5.74) is 1.91. The molecule has 3 aromatic rings. The van der Waals surface area contributed by atoms with Crippen LogP contribution in [0.2, 0.25) is 0 Å². The molecule has 0 saturated carbocycles. The molecule has 0 spiro atoms. The molecule has 144 valence electrons. The topological polar surface area (TPSA) is 78.8 Å². The van der Waals surface area contributed by atoms with Crippen molar-refractivity contribution in [3.63, 3.8) is 0 Å². The predicted molar refractivity (Wildman–Crippen MR) is 104 cm³/mol. The number of nitrogens with one attached hydrogen (secondary N) is 1. The Kier molecular flexibility index (Phi) is 4.89. The van der Waals surface area contributed by atoms with Crippen LogP contribution in [0.1, 0.15) is 16.8 Å². The smallest absolute Gasteiger partial charge is 0.340 e. The monoisotopic (exact) mass is 380 g/mol. The molecule has 0 fully saturated rings. The normalized spacial score (nSPS) is 13.0. The molecule has 28 heavy (non-hydrogen) atoms. The van der Waals surface area contributed by atoms with Crippen molar-refractivity contribution in [1.29, 1.82) is 0 Å². The molecule has 1 N–H and O–H groups in total. The molecule has 0 saturated heterocycles. The lowest BCUT2D eigenvalue weighted by Crippen LogP contribution is -2.20. The lowest BCUT2D eigenvalue weighted by atomic mass is 10.2. The Bertz CT molecular complexity index is 1040. The van der Waals surface area contributed by atoms with E-state index in [-0.39, 0.29) is 6.61 Å². The van der Waals surface area contributed by atoms with E-state index in [1.165, 1.54) is 0 Å². The van der Waals surface area contributed by atoms with Crippen molar-refractivity contribution in [1.82, 2.24) is 4.57 Å². The van der Waals surface area contributed by atoms with Crippen molar-refractivity contribution in [3.8, 4) is 11.5 Å². The van der Waals surface area contributed by atoms with Gasteiger partial charge in [-0.15, -0.1) is 0 Å². The van der Waals surface area contributed by atoms with Crippen LogP contribution in [-0.2, 0) is 16.6 Å². The molecule has 4 rings (SSSR count). The van der Waals surface area contributed by atoms with Gasteiger partial charge in [0.15, 0.2) is 18.1 Å². The number of anilines is 1. The molecule has 2 heterocycles. The second-order valence-corrected chi connectivity index (χ2v) is 6.51. The second kappa shape index (κ2) is 7.64. The van der Waals surface area contributed by atoms with E-state index in [0.29, 0.717) is 36.0 Å². The number of carbonyl (C=O) groups excluding carboxylic acids is 2. The van der Waals surface area contributed by atoms with E-state index in [1.807, 2.05) is 35.9 Å². The summed E-state index contributed by atoms with van der Waals surface area (Å²) in [6, 6.07) is 12.7. The van der Waals surface area contributed by atoms with Crippen LogP contribution >= 0.6 is 0 Å². The zero-order valence-electron chi connectivity index (χ0n) is 15.4. The molecule has 0 unspecified atom stereocenters. The van der Waals surface area contributed by atoms with Crippen LogP contribution in [0.25, 0.3) is 10.9 Å². The summed E-state index contributed by atoms with van der Waals surface area (Å²) in [6.45, 7) is 0.784. The van der Waals surface area contributed by atoms with Crippen molar-refractivity contribution >= 4 is 28.5 Å². The second-order valence-electron chi connectivity index (χ2n) is 6.51. The van der Waals surface area contributed by atoms with E-state index in [1.54, 1.807) is 24.4 Å². The van der Waals surface area contributed by atoms with Crippen LogP contribution in [0, 0.1) is 0 Å². The number of hydrogen-bond acceptors (Lipinski definition) is 5. The molecule has 0 bridgehead atoms. The minimum atomic E-state index is -0.536. The van der Waals surface area contributed by atoms with E-state index in [2.05, 4.69) is 5.32 Å². The predicted octanol–water partition coefficient (Wildman–Crippen LogP) is 3.14. The number of ether oxygens (including phenoxy) is 3. The highest BCUT2D eigenvalue weighted by Crippen LogP contribution is 2.32. The van der Waals surface area contributed by atoms with Gasteiger partial charge in [-0.25, -0.2) is 4.79 Å².